The van der Waals surface area contributed by atoms with E-state index in [0.717, 1.165) is 37.4 Å². The zero-order valence-electron chi connectivity index (χ0n) is 13.8. The summed E-state index contributed by atoms with van der Waals surface area (Å²) in [5.41, 5.74) is 2.59. The first-order chi connectivity index (χ1) is 11.8. The van der Waals surface area contributed by atoms with Gasteiger partial charge in [-0.05, 0) is 50.1 Å². The Kier molecular flexibility index (Phi) is 4.63. The van der Waals surface area contributed by atoms with Gasteiger partial charge in [0.1, 0.15) is 0 Å². The van der Waals surface area contributed by atoms with Gasteiger partial charge in [-0.1, -0.05) is 30.3 Å². The maximum absolute atomic E-state index is 12.2. The SMILES string of the molecule is O=C(CC1CCCN1)Nc1nc2c(s1)CC(c1ccccc1)CC2. The zero-order valence-corrected chi connectivity index (χ0v) is 14.6. The normalized spacial score (nSPS) is 23.0. The van der Waals surface area contributed by atoms with Crippen molar-refractivity contribution >= 4 is 22.4 Å². The van der Waals surface area contributed by atoms with Crippen molar-refractivity contribution in [3.8, 4) is 0 Å². The number of amides is 1. The van der Waals surface area contributed by atoms with E-state index in [2.05, 4.69) is 45.9 Å². The summed E-state index contributed by atoms with van der Waals surface area (Å²) >= 11 is 1.66. The minimum atomic E-state index is 0.0834. The maximum atomic E-state index is 12.2. The molecule has 1 aromatic heterocycles. The van der Waals surface area contributed by atoms with E-state index in [4.69, 9.17) is 0 Å². The van der Waals surface area contributed by atoms with Crippen LogP contribution in [-0.4, -0.2) is 23.5 Å². The summed E-state index contributed by atoms with van der Waals surface area (Å²) in [6.07, 6.45) is 6.00. The topological polar surface area (TPSA) is 54.0 Å². The molecule has 2 aromatic rings. The summed E-state index contributed by atoms with van der Waals surface area (Å²) in [6, 6.07) is 11.1. The molecule has 0 radical (unpaired) electrons. The van der Waals surface area contributed by atoms with E-state index in [-0.39, 0.29) is 5.91 Å². The molecule has 1 aliphatic carbocycles. The zero-order chi connectivity index (χ0) is 16.4. The molecule has 2 unspecified atom stereocenters. The van der Waals surface area contributed by atoms with E-state index in [1.807, 2.05) is 0 Å². The largest absolute Gasteiger partial charge is 0.313 e. The molecule has 2 heterocycles. The molecular weight excluding hydrogens is 318 g/mol. The van der Waals surface area contributed by atoms with Crippen LogP contribution in [0, 0.1) is 0 Å². The second-order valence-electron chi connectivity index (χ2n) is 6.78. The Balaban J connectivity index is 1.40. The molecule has 2 atom stereocenters. The minimum absolute atomic E-state index is 0.0834. The average Bonchev–Trinajstić information content (AvgIpc) is 3.23. The van der Waals surface area contributed by atoms with E-state index >= 15 is 0 Å². The Morgan fingerprint density at radius 2 is 2.17 bits per heavy atom. The highest BCUT2D eigenvalue weighted by molar-refractivity contribution is 7.15. The fraction of sp³-hybridized carbons (Fsp3) is 0.474. The monoisotopic (exact) mass is 341 g/mol. The molecular formula is C19H23N3OS. The molecule has 4 nitrogen and oxygen atoms in total. The van der Waals surface area contributed by atoms with E-state index in [0.29, 0.717) is 18.4 Å². The lowest BCUT2D eigenvalue weighted by atomic mass is 9.85. The quantitative estimate of drug-likeness (QED) is 0.895. The van der Waals surface area contributed by atoms with Crippen molar-refractivity contribution in [3.05, 3.63) is 46.5 Å². The molecule has 126 valence electrons. The number of rotatable bonds is 4. The van der Waals surface area contributed by atoms with Crippen molar-refractivity contribution in [3.63, 3.8) is 0 Å². The number of benzene rings is 1. The van der Waals surface area contributed by atoms with Gasteiger partial charge in [-0.2, -0.15) is 0 Å². The first-order valence-electron chi connectivity index (χ1n) is 8.84. The second-order valence-corrected chi connectivity index (χ2v) is 7.87. The highest BCUT2D eigenvalue weighted by Crippen LogP contribution is 2.36. The summed E-state index contributed by atoms with van der Waals surface area (Å²) in [7, 11) is 0. The second kappa shape index (κ2) is 7.03. The fourth-order valence-electron chi connectivity index (χ4n) is 3.76. The summed E-state index contributed by atoms with van der Waals surface area (Å²) in [5, 5.41) is 7.15. The van der Waals surface area contributed by atoms with Crippen LogP contribution in [0.5, 0.6) is 0 Å². The molecule has 24 heavy (non-hydrogen) atoms. The molecule has 1 amide bonds. The average molecular weight is 341 g/mol. The third-order valence-electron chi connectivity index (χ3n) is 5.05. The number of fused-ring (bicyclic) bond motifs is 1. The summed E-state index contributed by atoms with van der Waals surface area (Å²) in [6.45, 7) is 1.03. The van der Waals surface area contributed by atoms with Crippen LogP contribution in [0.3, 0.4) is 0 Å². The van der Waals surface area contributed by atoms with Crippen molar-refractivity contribution in [1.82, 2.24) is 10.3 Å². The van der Waals surface area contributed by atoms with Gasteiger partial charge < -0.3 is 10.6 Å². The van der Waals surface area contributed by atoms with E-state index < -0.39 is 0 Å². The number of aryl methyl sites for hydroxylation is 1. The number of thiazole rings is 1. The van der Waals surface area contributed by atoms with Gasteiger partial charge in [0.25, 0.3) is 0 Å². The lowest BCUT2D eigenvalue weighted by Gasteiger charge is -2.21. The van der Waals surface area contributed by atoms with Gasteiger partial charge in [0.2, 0.25) is 5.91 Å². The molecule has 1 aliphatic heterocycles. The molecule has 1 aromatic carbocycles. The van der Waals surface area contributed by atoms with Crippen LogP contribution in [0.15, 0.2) is 30.3 Å². The number of hydrogen-bond acceptors (Lipinski definition) is 4. The molecule has 1 saturated heterocycles. The summed E-state index contributed by atoms with van der Waals surface area (Å²) in [4.78, 5) is 18.2. The number of anilines is 1. The van der Waals surface area contributed by atoms with Crippen molar-refractivity contribution in [2.75, 3.05) is 11.9 Å². The van der Waals surface area contributed by atoms with Gasteiger partial charge in [-0.15, -0.1) is 11.3 Å². The Bertz CT molecular complexity index is 707. The van der Waals surface area contributed by atoms with Crippen LogP contribution in [0.4, 0.5) is 5.13 Å². The van der Waals surface area contributed by atoms with Gasteiger partial charge in [0.05, 0.1) is 5.69 Å². The Labute approximate surface area is 146 Å². The number of aromatic nitrogens is 1. The number of carbonyl (C=O) groups is 1. The van der Waals surface area contributed by atoms with Crippen LogP contribution in [0.25, 0.3) is 0 Å². The lowest BCUT2D eigenvalue weighted by Crippen LogP contribution is -2.27. The fourth-order valence-corrected chi connectivity index (χ4v) is 4.87. The van der Waals surface area contributed by atoms with Crippen molar-refractivity contribution < 1.29 is 4.79 Å². The first-order valence-corrected chi connectivity index (χ1v) is 9.66. The van der Waals surface area contributed by atoms with Crippen molar-refractivity contribution in [1.29, 1.82) is 0 Å². The van der Waals surface area contributed by atoms with Gasteiger partial charge in [0, 0.05) is 17.3 Å². The van der Waals surface area contributed by atoms with E-state index in [9.17, 15) is 4.79 Å². The van der Waals surface area contributed by atoms with Crippen LogP contribution in [0.2, 0.25) is 0 Å². The Hall–Kier alpha value is -1.72. The molecule has 2 aliphatic rings. The minimum Gasteiger partial charge on any atom is -0.313 e. The van der Waals surface area contributed by atoms with Gasteiger partial charge in [-0.3, -0.25) is 4.79 Å². The number of nitrogens with zero attached hydrogens (tertiary/aromatic N) is 1. The number of nitrogens with one attached hydrogen (secondary N) is 2. The number of carbonyl (C=O) groups excluding carboxylic acids is 1. The van der Waals surface area contributed by atoms with Gasteiger partial charge in [-0.25, -0.2) is 4.98 Å². The molecule has 0 spiro atoms. The van der Waals surface area contributed by atoms with Gasteiger partial charge in [0.15, 0.2) is 5.13 Å². The molecule has 4 rings (SSSR count). The third-order valence-corrected chi connectivity index (χ3v) is 6.09. The van der Waals surface area contributed by atoms with Crippen molar-refractivity contribution in [2.45, 2.75) is 50.5 Å². The highest BCUT2D eigenvalue weighted by atomic mass is 32.1. The predicted molar refractivity (Wildman–Crippen MR) is 97.6 cm³/mol. The number of hydrogen-bond donors (Lipinski definition) is 2. The van der Waals surface area contributed by atoms with Crippen LogP contribution in [-0.2, 0) is 17.6 Å². The van der Waals surface area contributed by atoms with Crippen LogP contribution < -0.4 is 10.6 Å². The molecule has 1 fully saturated rings. The Morgan fingerprint density at radius 3 is 2.96 bits per heavy atom. The van der Waals surface area contributed by atoms with E-state index in [1.165, 1.54) is 22.6 Å². The molecule has 5 heteroatoms. The van der Waals surface area contributed by atoms with Crippen molar-refractivity contribution in [2.24, 2.45) is 0 Å². The Morgan fingerprint density at radius 1 is 1.29 bits per heavy atom. The molecule has 0 bridgehead atoms. The highest BCUT2D eigenvalue weighted by Gasteiger charge is 2.24. The van der Waals surface area contributed by atoms with E-state index in [1.54, 1.807) is 11.3 Å². The summed E-state index contributed by atoms with van der Waals surface area (Å²) < 4.78 is 0. The van der Waals surface area contributed by atoms with Gasteiger partial charge >= 0.3 is 0 Å². The predicted octanol–water partition coefficient (Wildman–Crippen LogP) is 3.50. The smallest absolute Gasteiger partial charge is 0.227 e. The molecule has 0 saturated carbocycles. The summed E-state index contributed by atoms with van der Waals surface area (Å²) in [5.74, 6) is 0.658. The lowest BCUT2D eigenvalue weighted by molar-refractivity contribution is -0.116. The first kappa shape index (κ1) is 15.8. The maximum Gasteiger partial charge on any atom is 0.227 e. The third kappa shape index (κ3) is 3.52. The standard InChI is InChI=1S/C19H23N3OS/c23-18(12-15-7-4-10-20-15)22-19-21-16-9-8-14(11-17(16)24-19)13-5-2-1-3-6-13/h1-3,5-6,14-15,20H,4,7-12H2,(H,21,22,23). The van der Waals surface area contributed by atoms with Crippen LogP contribution in [0.1, 0.15) is 47.7 Å². The van der Waals surface area contributed by atoms with Crippen LogP contribution >= 0.6 is 11.3 Å². The molecule has 2 N–H and O–H groups in total.